The zero-order valence-electron chi connectivity index (χ0n) is 20.5. The number of carbonyl (C=O) groups is 2. The number of benzene rings is 1. The summed E-state index contributed by atoms with van der Waals surface area (Å²) in [7, 11) is 0. The van der Waals surface area contributed by atoms with Crippen molar-refractivity contribution in [2.24, 2.45) is 5.41 Å². The van der Waals surface area contributed by atoms with Crippen LogP contribution in [0.25, 0.3) is 22.2 Å². The molecule has 2 amide bonds. The van der Waals surface area contributed by atoms with Crippen molar-refractivity contribution in [1.82, 2.24) is 25.1 Å². The van der Waals surface area contributed by atoms with Gasteiger partial charge in [0.05, 0.1) is 30.6 Å². The van der Waals surface area contributed by atoms with Crippen LogP contribution in [0.4, 0.5) is 11.8 Å². The SMILES string of the molecule is C=CC(=O)N1CC2(CC(=O)N(c3nc(N4CCOCC4)nc(-c4c(C)ccc5[nH]ncc45)c3C#N)C2)C1. The number of nitriles is 1. The first kappa shape index (κ1) is 23.1. The lowest BCUT2D eigenvalue weighted by molar-refractivity contribution is -0.138. The summed E-state index contributed by atoms with van der Waals surface area (Å²) >= 11 is 0. The van der Waals surface area contributed by atoms with Gasteiger partial charge in [0.15, 0.2) is 5.82 Å². The van der Waals surface area contributed by atoms with Gasteiger partial charge in [0.2, 0.25) is 17.8 Å². The van der Waals surface area contributed by atoms with E-state index in [0.717, 1.165) is 22.0 Å². The average Bonchev–Trinajstić information content (AvgIpc) is 3.51. The van der Waals surface area contributed by atoms with Crippen LogP contribution in [0.3, 0.4) is 0 Å². The molecule has 2 aromatic heterocycles. The van der Waals surface area contributed by atoms with Crippen LogP contribution in [0, 0.1) is 23.7 Å². The molecule has 1 aromatic carbocycles. The van der Waals surface area contributed by atoms with Gasteiger partial charge in [0.25, 0.3) is 0 Å². The highest BCUT2D eigenvalue weighted by atomic mass is 16.5. The topological polar surface area (TPSA) is 131 Å². The number of likely N-dealkylation sites (tertiary alicyclic amines) is 1. The van der Waals surface area contributed by atoms with Gasteiger partial charge in [-0.15, -0.1) is 0 Å². The molecule has 3 aromatic rings. The van der Waals surface area contributed by atoms with Crippen LogP contribution in [0.1, 0.15) is 17.5 Å². The minimum Gasteiger partial charge on any atom is -0.378 e. The lowest BCUT2D eigenvalue weighted by Gasteiger charge is -2.47. The number of morpholine rings is 1. The Morgan fingerprint density at radius 1 is 1.24 bits per heavy atom. The Labute approximate surface area is 213 Å². The highest BCUT2D eigenvalue weighted by Gasteiger charge is 2.53. The number of anilines is 2. The van der Waals surface area contributed by atoms with E-state index >= 15 is 0 Å². The molecule has 3 aliphatic heterocycles. The van der Waals surface area contributed by atoms with Crippen molar-refractivity contribution < 1.29 is 14.3 Å². The first-order valence-corrected chi connectivity index (χ1v) is 12.2. The molecule has 0 saturated carbocycles. The maximum atomic E-state index is 13.4. The van der Waals surface area contributed by atoms with E-state index in [1.807, 2.05) is 24.0 Å². The number of H-pyrrole nitrogens is 1. The molecule has 188 valence electrons. The largest absolute Gasteiger partial charge is 0.378 e. The molecular weight excluding hydrogens is 472 g/mol. The molecule has 11 nitrogen and oxygen atoms in total. The van der Waals surface area contributed by atoms with Gasteiger partial charge in [-0.25, -0.2) is 4.98 Å². The van der Waals surface area contributed by atoms with Crippen LogP contribution in [-0.4, -0.2) is 82.8 Å². The van der Waals surface area contributed by atoms with Gasteiger partial charge >= 0.3 is 0 Å². The fourth-order valence-electron chi connectivity index (χ4n) is 5.61. The molecule has 0 unspecified atom stereocenters. The van der Waals surface area contributed by atoms with E-state index in [0.29, 0.717) is 69.8 Å². The molecule has 0 bridgehead atoms. The summed E-state index contributed by atoms with van der Waals surface area (Å²) in [6.45, 7) is 9.16. The zero-order valence-corrected chi connectivity index (χ0v) is 20.5. The number of aromatic nitrogens is 4. The minimum atomic E-state index is -0.354. The molecule has 1 spiro atoms. The Balaban J connectivity index is 1.48. The van der Waals surface area contributed by atoms with Crippen LogP contribution in [0.5, 0.6) is 0 Å². The lowest BCUT2D eigenvalue weighted by Crippen LogP contribution is -2.59. The van der Waals surface area contributed by atoms with Crippen molar-refractivity contribution in [2.75, 3.05) is 55.7 Å². The third-order valence-corrected chi connectivity index (χ3v) is 7.47. The Bertz CT molecular complexity index is 1480. The Hall–Kier alpha value is -4.30. The second-order valence-corrected chi connectivity index (χ2v) is 9.93. The molecule has 5 heterocycles. The first-order chi connectivity index (χ1) is 17.9. The van der Waals surface area contributed by atoms with Crippen LogP contribution in [-0.2, 0) is 14.3 Å². The van der Waals surface area contributed by atoms with Crippen molar-refractivity contribution in [2.45, 2.75) is 13.3 Å². The van der Waals surface area contributed by atoms with Gasteiger partial charge in [-0.1, -0.05) is 12.6 Å². The highest BCUT2D eigenvalue weighted by molar-refractivity contribution is 6.01. The second kappa shape index (κ2) is 8.67. The molecule has 11 heteroatoms. The Morgan fingerprint density at radius 2 is 2.03 bits per heavy atom. The van der Waals surface area contributed by atoms with E-state index in [4.69, 9.17) is 14.7 Å². The normalized spacial score (nSPS) is 18.8. The van der Waals surface area contributed by atoms with Gasteiger partial charge in [0, 0.05) is 55.5 Å². The number of nitrogens with zero attached hydrogens (tertiary/aromatic N) is 7. The van der Waals surface area contributed by atoms with Gasteiger partial charge in [0.1, 0.15) is 11.6 Å². The fraction of sp³-hybridized carbons (Fsp3) is 0.385. The minimum absolute atomic E-state index is 0.113. The smallest absolute Gasteiger partial charge is 0.245 e. The van der Waals surface area contributed by atoms with E-state index in [-0.39, 0.29) is 22.8 Å². The molecule has 3 fully saturated rings. The standard InChI is InChI=1S/C26H26N8O3/c1-3-20(35)33-13-26(14-33)10-21(36)34(15-26)24-17(11-27)23(29-25(30-24)32-6-8-37-9-7-32)22-16(2)4-5-19-18(22)12-28-31-19/h3-5,12H,1,6-10,13-15H2,2H3,(H,28,31). The lowest BCUT2D eigenvalue weighted by atomic mass is 9.79. The summed E-state index contributed by atoms with van der Waals surface area (Å²) in [6, 6.07) is 6.21. The maximum Gasteiger partial charge on any atom is 0.245 e. The number of aromatic amines is 1. The summed E-state index contributed by atoms with van der Waals surface area (Å²) in [6.07, 6.45) is 3.31. The summed E-state index contributed by atoms with van der Waals surface area (Å²) in [4.78, 5) is 40.4. The number of fused-ring (bicyclic) bond motifs is 1. The molecule has 0 radical (unpaired) electrons. The first-order valence-electron chi connectivity index (χ1n) is 12.2. The van der Waals surface area contributed by atoms with Gasteiger partial charge in [-0.2, -0.15) is 15.3 Å². The van der Waals surface area contributed by atoms with Crippen LogP contribution in [0.15, 0.2) is 31.0 Å². The molecular formula is C26H26N8O3. The summed E-state index contributed by atoms with van der Waals surface area (Å²) in [5.74, 6) is 0.511. The molecule has 3 aliphatic rings. The van der Waals surface area contributed by atoms with E-state index in [9.17, 15) is 14.9 Å². The number of rotatable bonds is 4. The van der Waals surface area contributed by atoms with Gasteiger partial charge in [-0.3, -0.25) is 19.6 Å². The van der Waals surface area contributed by atoms with Crippen LogP contribution >= 0.6 is 0 Å². The second-order valence-electron chi connectivity index (χ2n) is 9.93. The van der Waals surface area contributed by atoms with Gasteiger partial charge in [-0.05, 0) is 24.6 Å². The molecule has 6 rings (SSSR count). The van der Waals surface area contributed by atoms with Crippen LogP contribution in [0.2, 0.25) is 0 Å². The quantitative estimate of drug-likeness (QED) is 0.539. The average molecular weight is 499 g/mol. The van der Waals surface area contributed by atoms with E-state index in [1.165, 1.54) is 6.08 Å². The van der Waals surface area contributed by atoms with E-state index in [2.05, 4.69) is 22.8 Å². The molecule has 1 N–H and O–H groups in total. The zero-order chi connectivity index (χ0) is 25.7. The number of amides is 2. The van der Waals surface area contributed by atoms with E-state index < -0.39 is 0 Å². The Morgan fingerprint density at radius 3 is 2.76 bits per heavy atom. The third kappa shape index (κ3) is 3.72. The number of carbonyl (C=O) groups excluding carboxylic acids is 2. The predicted octanol–water partition coefficient (Wildman–Crippen LogP) is 1.79. The number of hydrogen-bond donors (Lipinski definition) is 1. The summed E-state index contributed by atoms with van der Waals surface area (Å²) in [5, 5.41) is 18.4. The van der Waals surface area contributed by atoms with Gasteiger partial charge < -0.3 is 14.5 Å². The molecule has 37 heavy (non-hydrogen) atoms. The number of hydrogen-bond acceptors (Lipinski definition) is 8. The van der Waals surface area contributed by atoms with Crippen LogP contribution < -0.4 is 9.80 Å². The molecule has 0 aliphatic carbocycles. The summed E-state index contributed by atoms with van der Waals surface area (Å²) < 4.78 is 5.52. The van der Waals surface area contributed by atoms with Crippen molar-refractivity contribution in [1.29, 1.82) is 5.26 Å². The highest BCUT2D eigenvalue weighted by Crippen LogP contribution is 2.44. The molecule has 0 atom stereocenters. The Kier molecular flexibility index (Phi) is 5.42. The summed E-state index contributed by atoms with van der Waals surface area (Å²) in [5.41, 5.74) is 2.92. The fourth-order valence-corrected chi connectivity index (χ4v) is 5.61. The van der Waals surface area contributed by atoms with Crippen molar-refractivity contribution in [3.8, 4) is 17.3 Å². The maximum absolute atomic E-state index is 13.4. The van der Waals surface area contributed by atoms with Crippen molar-refractivity contribution >= 4 is 34.5 Å². The van der Waals surface area contributed by atoms with E-state index in [1.54, 1.807) is 16.0 Å². The number of nitrogens with one attached hydrogen (secondary N) is 1. The van der Waals surface area contributed by atoms with Crippen molar-refractivity contribution in [3.63, 3.8) is 0 Å². The number of aryl methyl sites for hydroxylation is 1. The number of ether oxygens (including phenoxy) is 1. The van der Waals surface area contributed by atoms with Crippen molar-refractivity contribution in [3.05, 3.63) is 42.1 Å². The monoisotopic (exact) mass is 498 g/mol. The third-order valence-electron chi connectivity index (χ3n) is 7.47. The predicted molar refractivity (Wildman–Crippen MR) is 136 cm³/mol. The molecule has 3 saturated heterocycles.